The van der Waals surface area contributed by atoms with Crippen molar-refractivity contribution in [2.45, 2.75) is 25.2 Å². The topological polar surface area (TPSA) is 86.4 Å². The number of hydrogen-bond acceptors (Lipinski definition) is 5. The molecule has 1 aliphatic heterocycles. The minimum absolute atomic E-state index is 0.0868. The molecule has 0 spiro atoms. The average molecular weight is 514 g/mol. The number of anilines is 1. The Hall–Kier alpha value is -3.78. The van der Waals surface area contributed by atoms with Gasteiger partial charge in [-0.3, -0.25) is 10.2 Å². The van der Waals surface area contributed by atoms with E-state index in [-0.39, 0.29) is 11.2 Å². The first-order chi connectivity index (χ1) is 18.1. The number of fused-ring (bicyclic) bond motifs is 2. The molecule has 7 rings (SSSR count). The quantitative estimate of drug-likeness (QED) is 0.301. The minimum atomic E-state index is -0.0907. The molecule has 3 aromatic heterocycles. The summed E-state index contributed by atoms with van der Waals surface area (Å²) in [6.45, 7) is 3.89. The highest BCUT2D eigenvalue weighted by atomic mass is 35.5. The summed E-state index contributed by atoms with van der Waals surface area (Å²) >= 11 is 6.65. The smallest absolute Gasteiger partial charge is 0.202 e. The third kappa shape index (κ3) is 3.39. The van der Waals surface area contributed by atoms with Crippen LogP contribution in [-0.2, 0) is 5.41 Å². The SMILES string of the molecule is CC[C@]1(c2ccccc2F)[C@@H]2CCN(c3cnc4c(-c5ccc(-c6cn[nH]c6)cc5Cl)[nH]nc4n3)C[C@@H]21. The molecule has 1 saturated heterocycles. The molecule has 2 N–H and O–H groups in total. The fourth-order valence-electron chi connectivity index (χ4n) is 6.57. The van der Waals surface area contributed by atoms with Gasteiger partial charge in [0.2, 0.25) is 5.65 Å². The molecule has 1 aliphatic carbocycles. The van der Waals surface area contributed by atoms with Gasteiger partial charge in [0.25, 0.3) is 0 Å². The Balaban J connectivity index is 1.16. The van der Waals surface area contributed by atoms with Crippen LogP contribution < -0.4 is 4.90 Å². The Labute approximate surface area is 218 Å². The predicted molar refractivity (Wildman–Crippen MR) is 142 cm³/mol. The van der Waals surface area contributed by atoms with E-state index < -0.39 is 0 Å². The lowest BCUT2D eigenvalue weighted by atomic mass is 9.88. The van der Waals surface area contributed by atoms with Crippen molar-refractivity contribution in [1.29, 1.82) is 0 Å². The van der Waals surface area contributed by atoms with Gasteiger partial charge in [-0.2, -0.15) is 10.2 Å². The standard InChI is InChI=1S/C28H25ClFN7/c1-2-28(20-5-3-4-6-23(20)30)19-9-10-37(15-21(19)28)24-14-31-26-25(35-36-27(26)34-24)18-8-7-16(11-22(18)29)17-12-32-33-13-17/h3-8,11-14,19,21H,2,9-10,15H2,1H3,(H,32,33)(H,34,35,36)/t19-,21+,28-/m1/s1. The van der Waals surface area contributed by atoms with Crippen LogP contribution in [-0.4, -0.2) is 43.5 Å². The highest BCUT2D eigenvalue weighted by Gasteiger charge is 2.65. The molecule has 0 unspecified atom stereocenters. The highest BCUT2D eigenvalue weighted by molar-refractivity contribution is 6.33. The van der Waals surface area contributed by atoms with Gasteiger partial charge in [-0.25, -0.2) is 14.4 Å². The van der Waals surface area contributed by atoms with Gasteiger partial charge in [0.1, 0.15) is 17.2 Å². The number of nitrogens with zero attached hydrogens (tertiary/aromatic N) is 5. The average Bonchev–Trinajstić information content (AvgIpc) is 3.26. The molecule has 3 atom stereocenters. The lowest BCUT2D eigenvalue weighted by molar-refractivity contribution is 0.516. The fraction of sp³-hybridized carbons (Fsp3) is 0.286. The van der Waals surface area contributed by atoms with E-state index in [1.807, 2.05) is 42.7 Å². The molecule has 2 fully saturated rings. The first-order valence-electron chi connectivity index (χ1n) is 12.6. The van der Waals surface area contributed by atoms with Crippen LogP contribution in [0.25, 0.3) is 33.5 Å². The molecule has 2 aliphatic rings. The van der Waals surface area contributed by atoms with E-state index in [9.17, 15) is 4.39 Å². The molecule has 0 radical (unpaired) electrons. The normalized spacial score (nSPS) is 22.8. The zero-order valence-electron chi connectivity index (χ0n) is 20.2. The van der Waals surface area contributed by atoms with Gasteiger partial charge in [-0.1, -0.05) is 48.9 Å². The molecule has 37 heavy (non-hydrogen) atoms. The van der Waals surface area contributed by atoms with Gasteiger partial charge in [0.15, 0.2) is 0 Å². The van der Waals surface area contributed by atoms with E-state index >= 15 is 0 Å². The second kappa shape index (κ2) is 8.38. The molecule has 2 aromatic carbocycles. The van der Waals surface area contributed by atoms with Gasteiger partial charge in [0, 0.05) is 35.8 Å². The molecule has 1 saturated carbocycles. The minimum Gasteiger partial charge on any atom is -0.355 e. The first-order valence-corrected chi connectivity index (χ1v) is 13.0. The summed E-state index contributed by atoms with van der Waals surface area (Å²) in [5.41, 5.74) is 5.50. The van der Waals surface area contributed by atoms with Gasteiger partial charge in [-0.15, -0.1) is 0 Å². The molecule has 0 amide bonds. The number of rotatable bonds is 5. The Bertz CT molecular complexity index is 1610. The van der Waals surface area contributed by atoms with Gasteiger partial charge < -0.3 is 4.90 Å². The van der Waals surface area contributed by atoms with Crippen LogP contribution in [0.15, 0.2) is 61.1 Å². The van der Waals surface area contributed by atoms with Crippen molar-refractivity contribution in [2.24, 2.45) is 11.8 Å². The number of nitrogens with one attached hydrogen (secondary N) is 2. The Morgan fingerprint density at radius 2 is 2.03 bits per heavy atom. The van der Waals surface area contributed by atoms with Crippen molar-refractivity contribution >= 4 is 28.6 Å². The van der Waals surface area contributed by atoms with Gasteiger partial charge >= 0.3 is 0 Å². The van der Waals surface area contributed by atoms with Crippen molar-refractivity contribution in [3.8, 4) is 22.4 Å². The molecular formula is C28H25ClFN7. The number of benzene rings is 2. The second-order valence-electron chi connectivity index (χ2n) is 10.0. The van der Waals surface area contributed by atoms with E-state index in [0.29, 0.717) is 28.0 Å². The maximum atomic E-state index is 14.7. The monoisotopic (exact) mass is 513 g/mol. The maximum Gasteiger partial charge on any atom is 0.202 e. The molecule has 5 aromatic rings. The van der Waals surface area contributed by atoms with Crippen LogP contribution in [0, 0.1) is 17.7 Å². The van der Waals surface area contributed by atoms with Crippen LogP contribution in [0.4, 0.5) is 10.2 Å². The van der Waals surface area contributed by atoms with E-state index in [2.05, 4.69) is 32.2 Å². The second-order valence-corrected chi connectivity index (χ2v) is 10.4. The van der Waals surface area contributed by atoms with Crippen molar-refractivity contribution in [3.05, 3.63) is 77.5 Å². The largest absolute Gasteiger partial charge is 0.355 e. The molecule has 4 heterocycles. The number of aromatic amines is 2. The summed E-state index contributed by atoms with van der Waals surface area (Å²) in [7, 11) is 0. The zero-order chi connectivity index (χ0) is 25.1. The highest BCUT2D eigenvalue weighted by Crippen LogP contribution is 2.65. The number of hydrogen-bond donors (Lipinski definition) is 2. The zero-order valence-corrected chi connectivity index (χ0v) is 21.0. The molecule has 186 valence electrons. The number of halogens is 2. The van der Waals surface area contributed by atoms with E-state index in [0.717, 1.165) is 59.7 Å². The van der Waals surface area contributed by atoms with Crippen LogP contribution in [0.3, 0.4) is 0 Å². The van der Waals surface area contributed by atoms with Crippen LogP contribution in [0.5, 0.6) is 0 Å². The lowest BCUT2D eigenvalue weighted by Gasteiger charge is -2.26. The summed E-state index contributed by atoms with van der Waals surface area (Å²) in [6.07, 6.45) is 7.35. The van der Waals surface area contributed by atoms with Crippen LogP contribution >= 0.6 is 11.6 Å². The summed E-state index contributed by atoms with van der Waals surface area (Å²) in [5, 5.41) is 15.0. The molecular weight excluding hydrogens is 489 g/mol. The molecule has 7 nitrogen and oxygen atoms in total. The van der Waals surface area contributed by atoms with Crippen molar-refractivity contribution in [1.82, 2.24) is 30.4 Å². The van der Waals surface area contributed by atoms with Gasteiger partial charge in [0.05, 0.1) is 23.1 Å². The molecule has 9 heteroatoms. The summed E-state index contributed by atoms with van der Waals surface area (Å²) in [5.74, 6) is 1.62. The van der Waals surface area contributed by atoms with Crippen molar-refractivity contribution in [2.75, 3.05) is 18.0 Å². The third-order valence-corrected chi connectivity index (χ3v) is 8.75. The van der Waals surface area contributed by atoms with E-state index in [4.69, 9.17) is 21.6 Å². The maximum absolute atomic E-state index is 14.7. The lowest BCUT2D eigenvalue weighted by Crippen LogP contribution is -2.32. The number of H-pyrrole nitrogens is 2. The number of piperidine rings is 1. The number of aromatic nitrogens is 6. The van der Waals surface area contributed by atoms with E-state index in [1.165, 1.54) is 0 Å². The van der Waals surface area contributed by atoms with Crippen LogP contribution in [0.1, 0.15) is 25.3 Å². The predicted octanol–water partition coefficient (Wildman–Crippen LogP) is 6.01. The van der Waals surface area contributed by atoms with Crippen molar-refractivity contribution < 1.29 is 4.39 Å². The fourth-order valence-corrected chi connectivity index (χ4v) is 6.85. The van der Waals surface area contributed by atoms with E-state index in [1.54, 1.807) is 18.3 Å². The third-order valence-electron chi connectivity index (χ3n) is 8.43. The van der Waals surface area contributed by atoms with Crippen molar-refractivity contribution in [3.63, 3.8) is 0 Å². The summed E-state index contributed by atoms with van der Waals surface area (Å²) in [6, 6.07) is 13.1. The Kier molecular flexibility index (Phi) is 5.08. The molecule has 0 bridgehead atoms. The first kappa shape index (κ1) is 22.4. The summed E-state index contributed by atoms with van der Waals surface area (Å²) < 4.78 is 14.7. The van der Waals surface area contributed by atoms with Gasteiger partial charge in [-0.05, 0) is 47.9 Å². The Morgan fingerprint density at radius 1 is 1.14 bits per heavy atom. The van der Waals surface area contributed by atoms with Crippen LogP contribution in [0.2, 0.25) is 5.02 Å². The Morgan fingerprint density at radius 3 is 2.81 bits per heavy atom. The summed E-state index contributed by atoms with van der Waals surface area (Å²) in [4.78, 5) is 11.9.